The molecule has 1 atom stereocenters. The molecule has 2 N–H and O–H groups in total. The number of aryl methyl sites for hydroxylation is 1. The predicted molar refractivity (Wildman–Crippen MR) is 92.8 cm³/mol. The van der Waals surface area contributed by atoms with E-state index in [0.717, 1.165) is 23.0 Å². The summed E-state index contributed by atoms with van der Waals surface area (Å²) in [6.45, 7) is 4.44. The smallest absolute Gasteiger partial charge is 0.230 e. The highest BCUT2D eigenvalue weighted by Gasteiger charge is 2.11. The van der Waals surface area contributed by atoms with Gasteiger partial charge < -0.3 is 15.0 Å². The van der Waals surface area contributed by atoms with E-state index in [0.29, 0.717) is 12.4 Å². The summed E-state index contributed by atoms with van der Waals surface area (Å²) < 4.78 is 5.00. The van der Waals surface area contributed by atoms with E-state index in [1.807, 2.05) is 32.0 Å². The molecule has 124 valence electrons. The fourth-order valence-electron chi connectivity index (χ4n) is 2.24. The quantitative estimate of drug-likeness (QED) is 0.729. The average molecular weight is 333 g/mol. The van der Waals surface area contributed by atoms with Crippen LogP contribution in [-0.4, -0.2) is 41.4 Å². The zero-order chi connectivity index (χ0) is 16.7. The molecule has 0 aliphatic heterocycles. The SMILES string of the molecule is COC[C@@H](C)NC(=O)CSc1nc(Cc2ccccc2)c(C)[nH]1. The van der Waals surface area contributed by atoms with Gasteiger partial charge in [0.15, 0.2) is 5.16 Å². The number of H-pyrrole nitrogens is 1. The molecule has 0 radical (unpaired) electrons. The maximum absolute atomic E-state index is 11.9. The van der Waals surface area contributed by atoms with Crippen molar-refractivity contribution in [3.8, 4) is 0 Å². The van der Waals surface area contributed by atoms with Gasteiger partial charge in [-0.25, -0.2) is 4.98 Å². The zero-order valence-electron chi connectivity index (χ0n) is 13.8. The molecule has 0 aliphatic carbocycles. The Hall–Kier alpha value is -1.79. The van der Waals surface area contributed by atoms with Crippen LogP contribution in [0.1, 0.15) is 23.9 Å². The Morgan fingerprint density at radius 2 is 2.13 bits per heavy atom. The number of amides is 1. The van der Waals surface area contributed by atoms with Crippen molar-refractivity contribution in [3.63, 3.8) is 0 Å². The Morgan fingerprint density at radius 3 is 2.83 bits per heavy atom. The van der Waals surface area contributed by atoms with Gasteiger partial charge in [-0.1, -0.05) is 42.1 Å². The lowest BCUT2D eigenvalue weighted by atomic mass is 10.1. The number of hydrogen-bond acceptors (Lipinski definition) is 4. The third-order valence-electron chi connectivity index (χ3n) is 3.34. The third kappa shape index (κ3) is 5.73. The van der Waals surface area contributed by atoms with E-state index in [4.69, 9.17) is 4.74 Å². The summed E-state index contributed by atoms with van der Waals surface area (Å²) in [6.07, 6.45) is 0.792. The van der Waals surface area contributed by atoms with Crippen molar-refractivity contribution in [2.24, 2.45) is 0 Å². The standard InChI is InChI=1S/C17H23N3O2S/c1-12(10-22-3)18-16(21)11-23-17-19-13(2)15(20-17)9-14-7-5-4-6-8-14/h4-8,12H,9-11H2,1-3H3,(H,18,21)(H,19,20)/t12-/m1/s1. The molecule has 0 saturated heterocycles. The van der Waals surface area contributed by atoms with E-state index in [-0.39, 0.29) is 11.9 Å². The van der Waals surface area contributed by atoms with E-state index in [2.05, 4.69) is 27.4 Å². The van der Waals surface area contributed by atoms with E-state index < -0.39 is 0 Å². The van der Waals surface area contributed by atoms with Gasteiger partial charge in [0, 0.05) is 25.3 Å². The van der Waals surface area contributed by atoms with E-state index in [1.165, 1.54) is 17.3 Å². The van der Waals surface area contributed by atoms with Gasteiger partial charge >= 0.3 is 0 Å². The number of carbonyl (C=O) groups is 1. The van der Waals surface area contributed by atoms with Crippen LogP contribution in [0.15, 0.2) is 35.5 Å². The molecule has 23 heavy (non-hydrogen) atoms. The molecule has 0 spiro atoms. The molecular weight excluding hydrogens is 310 g/mol. The van der Waals surface area contributed by atoms with Crippen LogP contribution in [0.25, 0.3) is 0 Å². The number of nitrogens with one attached hydrogen (secondary N) is 2. The van der Waals surface area contributed by atoms with Crippen LogP contribution in [-0.2, 0) is 16.0 Å². The van der Waals surface area contributed by atoms with Crippen LogP contribution in [0, 0.1) is 6.92 Å². The number of aromatic nitrogens is 2. The van der Waals surface area contributed by atoms with E-state index in [1.54, 1.807) is 7.11 Å². The molecule has 0 unspecified atom stereocenters. The number of nitrogens with zero attached hydrogens (tertiary/aromatic N) is 1. The highest BCUT2D eigenvalue weighted by atomic mass is 32.2. The topological polar surface area (TPSA) is 67.0 Å². The number of thioether (sulfide) groups is 1. The van der Waals surface area contributed by atoms with Gasteiger partial charge in [0.1, 0.15) is 0 Å². The van der Waals surface area contributed by atoms with Crippen molar-refractivity contribution in [2.75, 3.05) is 19.5 Å². The molecule has 0 fully saturated rings. The summed E-state index contributed by atoms with van der Waals surface area (Å²) in [4.78, 5) is 19.7. The fraction of sp³-hybridized carbons (Fsp3) is 0.412. The molecule has 1 aromatic carbocycles. The van der Waals surface area contributed by atoms with Gasteiger partial charge in [0.05, 0.1) is 18.1 Å². The number of methoxy groups -OCH3 is 1. The minimum Gasteiger partial charge on any atom is -0.383 e. The van der Waals surface area contributed by atoms with Gasteiger partial charge in [-0.2, -0.15) is 0 Å². The number of rotatable bonds is 8. The van der Waals surface area contributed by atoms with Crippen molar-refractivity contribution in [1.29, 1.82) is 0 Å². The summed E-state index contributed by atoms with van der Waals surface area (Å²) in [5, 5.41) is 3.67. The summed E-state index contributed by atoms with van der Waals surface area (Å²) >= 11 is 1.41. The third-order valence-corrected chi connectivity index (χ3v) is 4.22. The van der Waals surface area contributed by atoms with Crippen LogP contribution in [0.3, 0.4) is 0 Å². The molecule has 6 heteroatoms. The first-order valence-electron chi connectivity index (χ1n) is 7.59. The minimum atomic E-state index is -0.0155. The Bertz CT molecular complexity index is 628. The highest BCUT2D eigenvalue weighted by molar-refractivity contribution is 7.99. The average Bonchev–Trinajstić information content (AvgIpc) is 2.86. The second-order valence-electron chi connectivity index (χ2n) is 5.49. The van der Waals surface area contributed by atoms with Gasteiger partial charge in [0.2, 0.25) is 5.91 Å². The van der Waals surface area contributed by atoms with Gasteiger partial charge in [-0.15, -0.1) is 0 Å². The normalized spacial score (nSPS) is 12.1. The molecule has 1 heterocycles. The molecule has 2 rings (SSSR count). The van der Waals surface area contributed by atoms with Crippen LogP contribution >= 0.6 is 11.8 Å². The molecule has 1 amide bonds. The summed E-state index contributed by atoms with van der Waals surface area (Å²) in [7, 11) is 1.62. The van der Waals surface area contributed by atoms with Gasteiger partial charge in [-0.05, 0) is 19.4 Å². The van der Waals surface area contributed by atoms with Crippen LogP contribution in [0.5, 0.6) is 0 Å². The van der Waals surface area contributed by atoms with E-state index in [9.17, 15) is 4.79 Å². The number of benzene rings is 1. The zero-order valence-corrected chi connectivity index (χ0v) is 14.6. The Kier molecular flexibility index (Phi) is 6.67. The van der Waals surface area contributed by atoms with Gasteiger partial charge in [-0.3, -0.25) is 4.79 Å². The predicted octanol–water partition coefficient (Wildman–Crippen LogP) is 2.55. The van der Waals surface area contributed by atoms with Gasteiger partial charge in [0.25, 0.3) is 0 Å². The van der Waals surface area contributed by atoms with Crippen LogP contribution in [0.4, 0.5) is 0 Å². The van der Waals surface area contributed by atoms with Crippen LogP contribution < -0.4 is 5.32 Å². The van der Waals surface area contributed by atoms with Crippen molar-refractivity contribution in [3.05, 3.63) is 47.3 Å². The minimum absolute atomic E-state index is 0.0140. The maximum Gasteiger partial charge on any atom is 0.230 e. The monoisotopic (exact) mass is 333 g/mol. The maximum atomic E-state index is 11.9. The van der Waals surface area contributed by atoms with Crippen LogP contribution in [0.2, 0.25) is 0 Å². The molecule has 0 aliphatic rings. The number of hydrogen-bond donors (Lipinski definition) is 2. The Morgan fingerprint density at radius 1 is 1.39 bits per heavy atom. The van der Waals surface area contributed by atoms with E-state index >= 15 is 0 Å². The molecule has 0 bridgehead atoms. The Labute approximate surface area is 141 Å². The lowest BCUT2D eigenvalue weighted by molar-refractivity contribution is -0.119. The lowest BCUT2D eigenvalue weighted by Crippen LogP contribution is -2.36. The summed E-state index contributed by atoms with van der Waals surface area (Å²) in [5.74, 6) is 0.324. The first-order chi connectivity index (χ1) is 11.1. The molecular formula is C17H23N3O2S. The van der Waals surface area contributed by atoms with Crippen molar-refractivity contribution >= 4 is 17.7 Å². The highest BCUT2D eigenvalue weighted by Crippen LogP contribution is 2.18. The molecule has 5 nitrogen and oxygen atoms in total. The van der Waals surface area contributed by atoms with Crippen molar-refractivity contribution in [2.45, 2.75) is 31.5 Å². The second kappa shape index (κ2) is 8.74. The largest absolute Gasteiger partial charge is 0.383 e. The molecule has 0 saturated carbocycles. The first kappa shape index (κ1) is 17.6. The number of aromatic amines is 1. The fourth-order valence-corrected chi connectivity index (χ4v) is 2.99. The second-order valence-corrected chi connectivity index (χ2v) is 6.45. The lowest BCUT2D eigenvalue weighted by Gasteiger charge is -2.11. The first-order valence-corrected chi connectivity index (χ1v) is 8.57. The van der Waals surface area contributed by atoms with Crippen molar-refractivity contribution < 1.29 is 9.53 Å². The van der Waals surface area contributed by atoms with Crippen molar-refractivity contribution in [1.82, 2.24) is 15.3 Å². The molecule has 1 aromatic heterocycles. The number of imidazole rings is 1. The Balaban J connectivity index is 1.87. The number of ether oxygens (including phenoxy) is 1. The molecule has 2 aromatic rings. The number of carbonyl (C=O) groups excluding carboxylic acids is 1. The summed E-state index contributed by atoms with van der Waals surface area (Å²) in [6, 6.07) is 10.2. The summed E-state index contributed by atoms with van der Waals surface area (Å²) in [5.41, 5.74) is 3.29.